The van der Waals surface area contributed by atoms with E-state index >= 15 is 0 Å². The molecular formula is C17H19F2NO. The zero-order valence-corrected chi connectivity index (χ0v) is 12.2. The summed E-state index contributed by atoms with van der Waals surface area (Å²) in [6.45, 7) is 0. The first-order chi connectivity index (χ1) is 10.1. The summed E-state index contributed by atoms with van der Waals surface area (Å²) in [7, 11) is 3.50. The van der Waals surface area contributed by atoms with Gasteiger partial charge in [-0.1, -0.05) is 18.2 Å². The van der Waals surface area contributed by atoms with E-state index in [1.54, 1.807) is 13.2 Å². The quantitative estimate of drug-likeness (QED) is 0.881. The van der Waals surface area contributed by atoms with Crippen molar-refractivity contribution in [2.75, 3.05) is 14.2 Å². The van der Waals surface area contributed by atoms with Crippen molar-refractivity contribution in [3.63, 3.8) is 0 Å². The molecule has 4 heteroatoms. The van der Waals surface area contributed by atoms with Crippen LogP contribution in [0.3, 0.4) is 0 Å². The van der Waals surface area contributed by atoms with E-state index in [4.69, 9.17) is 4.74 Å². The SMILES string of the molecule is CNC(Cc1ccc(OC)cc1)Cc1ccc(F)c(F)c1. The minimum absolute atomic E-state index is 0.156. The molecule has 0 spiro atoms. The van der Waals surface area contributed by atoms with Crippen LogP contribution in [0, 0.1) is 11.6 Å². The first-order valence-corrected chi connectivity index (χ1v) is 6.86. The molecule has 1 N–H and O–H groups in total. The summed E-state index contributed by atoms with van der Waals surface area (Å²) in [5.74, 6) is -0.790. The lowest BCUT2D eigenvalue weighted by molar-refractivity contribution is 0.414. The predicted molar refractivity (Wildman–Crippen MR) is 79.6 cm³/mol. The van der Waals surface area contributed by atoms with Crippen molar-refractivity contribution in [1.29, 1.82) is 0 Å². The minimum Gasteiger partial charge on any atom is -0.497 e. The Balaban J connectivity index is 2.03. The molecule has 1 unspecified atom stereocenters. The summed E-state index contributed by atoms with van der Waals surface area (Å²) < 4.78 is 31.3. The highest BCUT2D eigenvalue weighted by molar-refractivity contribution is 5.28. The standard InChI is InChI=1S/C17H19F2NO/c1-20-14(9-12-3-6-15(21-2)7-4-12)10-13-5-8-16(18)17(19)11-13/h3-8,11,14,20H,9-10H2,1-2H3. The van der Waals surface area contributed by atoms with E-state index in [1.165, 1.54) is 12.1 Å². The molecule has 0 aliphatic carbocycles. The zero-order valence-electron chi connectivity index (χ0n) is 12.2. The third-order valence-electron chi connectivity index (χ3n) is 3.52. The Labute approximate surface area is 123 Å². The second-order valence-electron chi connectivity index (χ2n) is 4.99. The lowest BCUT2D eigenvalue weighted by atomic mass is 9.99. The van der Waals surface area contributed by atoms with E-state index in [-0.39, 0.29) is 6.04 Å². The maximum absolute atomic E-state index is 13.2. The molecule has 2 aromatic carbocycles. The van der Waals surface area contributed by atoms with Crippen LogP contribution in [0.1, 0.15) is 11.1 Å². The molecule has 0 amide bonds. The molecule has 21 heavy (non-hydrogen) atoms. The minimum atomic E-state index is -0.810. The lowest BCUT2D eigenvalue weighted by Gasteiger charge is -2.16. The van der Waals surface area contributed by atoms with Gasteiger partial charge in [-0.05, 0) is 55.3 Å². The van der Waals surface area contributed by atoms with Crippen molar-refractivity contribution in [3.05, 3.63) is 65.2 Å². The molecule has 0 bridgehead atoms. The van der Waals surface area contributed by atoms with Crippen molar-refractivity contribution < 1.29 is 13.5 Å². The van der Waals surface area contributed by atoms with Crippen molar-refractivity contribution >= 4 is 0 Å². The number of nitrogens with one attached hydrogen (secondary N) is 1. The largest absolute Gasteiger partial charge is 0.497 e. The van der Waals surface area contributed by atoms with Gasteiger partial charge in [0.15, 0.2) is 11.6 Å². The van der Waals surface area contributed by atoms with Gasteiger partial charge in [0.2, 0.25) is 0 Å². The molecule has 112 valence electrons. The van der Waals surface area contributed by atoms with Gasteiger partial charge < -0.3 is 10.1 Å². The third kappa shape index (κ3) is 4.26. The number of hydrogen-bond acceptors (Lipinski definition) is 2. The predicted octanol–water partition coefficient (Wildman–Crippen LogP) is 3.35. The van der Waals surface area contributed by atoms with E-state index in [9.17, 15) is 8.78 Å². The number of hydrogen-bond donors (Lipinski definition) is 1. The Morgan fingerprint density at radius 2 is 1.57 bits per heavy atom. The van der Waals surface area contributed by atoms with Gasteiger partial charge in [-0.3, -0.25) is 0 Å². The number of benzene rings is 2. The second kappa shape index (κ2) is 7.18. The van der Waals surface area contributed by atoms with Crippen molar-refractivity contribution in [2.24, 2.45) is 0 Å². The van der Waals surface area contributed by atoms with Gasteiger partial charge in [-0.25, -0.2) is 8.78 Å². The Bertz CT molecular complexity index is 584. The van der Waals surface area contributed by atoms with Crippen LogP contribution < -0.4 is 10.1 Å². The van der Waals surface area contributed by atoms with Gasteiger partial charge >= 0.3 is 0 Å². The molecular weight excluding hydrogens is 272 g/mol. The highest BCUT2D eigenvalue weighted by Gasteiger charge is 2.10. The van der Waals surface area contributed by atoms with E-state index in [0.717, 1.165) is 23.3 Å². The number of methoxy groups -OCH3 is 1. The summed E-state index contributed by atoms with van der Waals surface area (Å²) in [4.78, 5) is 0. The second-order valence-corrected chi connectivity index (χ2v) is 4.99. The smallest absolute Gasteiger partial charge is 0.159 e. The Morgan fingerprint density at radius 3 is 2.14 bits per heavy atom. The Kier molecular flexibility index (Phi) is 5.28. The molecule has 1 atom stereocenters. The van der Waals surface area contributed by atoms with Gasteiger partial charge in [0.05, 0.1) is 7.11 Å². The van der Waals surface area contributed by atoms with E-state index in [0.29, 0.717) is 6.42 Å². The molecule has 2 aromatic rings. The van der Waals surface area contributed by atoms with Crippen molar-refractivity contribution in [2.45, 2.75) is 18.9 Å². The van der Waals surface area contributed by atoms with E-state index in [2.05, 4.69) is 5.32 Å². The number of halogens is 2. The monoisotopic (exact) mass is 291 g/mol. The van der Waals surface area contributed by atoms with Gasteiger partial charge in [0.25, 0.3) is 0 Å². The summed E-state index contributed by atoms with van der Waals surface area (Å²) in [6.07, 6.45) is 1.44. The Hall–Kier alpha value is -1.94. The fourth-order valence-corrected chi connectivity index (χ4v) is 2.27. The molecule has 0 radical (unpaired) electrons. The number of likely N-dealkylation sites (N-methyl/N-ethyl adjacent to an activating group) is 1. The van der Waals surface area contributed by atoms with Gasteiger partial charge in [0.1, 0.15) is 5.75 Å². The van der Waals surface area contributed by atoms with Gasteiger partial charge in [0, 0.05) is 6.04 Å². The molecule has 2 rings (SSSR count). The first kappa shape index (κ1) is 15.4. The van der Waals surface area contributed by atoms with Crippen molar-refractivity contribution in [1.82, 2.24) is 5.32 Å². The average molecular weight is 291 g/mol. The van der Waals surface area contributed by atoms with Crippen LogP contribution in [-0.2, 0) is 12.8 Å². The van der Waals surface area contributed by atoms with Gasteiger partial charge in [-0.2, -0.15) is 0 Å². The molecule has 2 nitrogen and oxygen atoms in total. The van der Waals surface area contributed by atoms with Crippen LogP contribution in [0.15, 0.2) is 42.5 Å². The fraction of sp³-hybridized carbons (Fsp3) is 0.294. The number of rotatable bonds is 6. The van der Waals surface area contributed by atoms with Gasteiger partial charge in [-0.15, -0.1) is 0 Å². The maximum atomic E-state index is 13.2. The summed E-state index contributed by atoms with van der Waals surface area (Å²) in [5, 5.41) is 3.21. The summed E-state index contributed by atoms with van der Waals surface area (Å²) >= 11 is 0. The zero-order chi connectivity index (χ0) is 15.2. The number of ether oxygens (including phenoxy) is 1. The topological polar surface area (TPSA) is 21.3 Å². The molecule has 0 saturated carbocycles. The highest BCUT2D eigenvalue weighted by Crippen LogP contribution is 2.15. The molecule has 0 aliphatic rings. The summed E-state index contributed by atoms with van der Waals surface area (Å²) in [6, 6.07) is 12.1. The maximum Gasteiger partial charge on any atom is 0.159 e. The van der Waals surface area contributed by atoms with Crippen LogP contribution >= 0.6 is 0 Å². The van der Waals surface area contributed by atoms with Crippen LogP contribution in [-0.4, -0.2) is 20.2 Å². The molecule has 0 saturated heterocycles. The van der Waals surface area contributed by atoms with E-state index < -0.39 is 11.6 Å². The highest BCUT2D eigenvalue weighted by atomic mass is 19.2. The molecule has 0 fully saturated rings. The molecule has 0 aliphatic heterocycles. The van der Waals surface area contributed by atoms with Crippen LogP contribution in [0.2, 0.25) is 0 Å². The Morgan fingerprint density at radius 1 is 0.952 bits per heavy atom. The average Bonchev–Trinajstić information content (AvgIpc) is 2.51. The normalized spacial score (nSPS) is 12.2. The van der Waals surface area contributed by atoms with E-state index in [1.807, 2.05) is 31.3 Å². The van der Waals surface area contributed by atoms with Crippen LogP contribution in [0.4, 0.5) is 8.78 Å². The van der Waals surface area contributed by atoms with Crippen molar-refractivity contribution in [3.8, 4) is 5.75 Å². The third-order valence-corrected chi connectivity index (χ3v) is 3.52. The molecule has 0 heterocycles. The fourth-order valence-electron chi connectivity index (χ4n) is 2.27. The lowest BCUT2D eigenvalue weighted by Crippen LogP contribution is -2.29. The summed E-state index contributed by atoms with van der Waals surface area (Å²) in [5.41, 5.74) is 1.94. The van der Waals surface area contributed by atoms with Crippen LogP contribution in [0.5, 0.6) is 5.75 Å². The molecule has 0 aromatic heterocycles. The van der Waals surface area contributed by atoms with Crippen LogP contribution in [0.25, 0.3) is 0 Å². The first-order valence-electron chi connectivity index (χ1n) is 6.86.